The van der Waals surface area contributed by atoms with Crippen LogP contribution in [-0.2, 0) is 6.42 Å². The summed E-state index contributed by atoms with van der Waals surface area (Å²) in [6.07, 6.45) is 1.04. The Labute approximate surface area is 147 Å². The lowest BCUT2D eigenvalue weighted by Gasteiger charge is -2.20. The standard InChI is InChI=1S/C20H20N4O/c1-14-21-19(23-16-8-4-6-10-18(16)25-2)13-20(22-14)24-12-11-15-7-3-5-9-17(15)24/h3-10,13H,11-12H2,1-2H3,(H,21,22,23). The van der Waals surface area contributed by atoms with E-state index >= 15 is 0 Å². The highest BCUT2D eigenvalue weighted by Gasteiger charge is 2.21. The highest BCUT2D eigenvalue weighted by atomic mass is 16.5. The van der Waals surface area contributed by atoms with E-state index in [2.05, 4.69) is 44.5 Å². The Morgan fingerprint density at radius 1 is 1.04 bits per heavy atom. The lowest BCUT2D eigenvalue weighted by atomic mass is 10.2. The monoisotopic (exact) mass is 332 g/mol. The summed E-state index contributed by atoms with van der Waals surface area (Å²) < 4.78 is 5.41. The maximum atomic E-state index is 5.41. The summed E-state index contributed by atoms with van der Waals surface area (Å²) >= 11 is 0. The number of anilines is 4. The number of para-hydroxylation sites is 3. The van der Waals surface area contributed by atoms with E-state index in [4.69, 9.17) is 4.74 Å². The van der Waals surface area contributed by atoms with Gasteiger partial charge in [-0.3, -0.25) is 0 Å². The number of aromatic nitrogens is 2. The molecule has 126 valence electrons. The third-order valence-corrected chi connectivity index (χ3v) is 4.36. The summed E-state index contributed by atoms with van der Waals surface area (Å²) in [4.78, 5) is 11.4. The zero-order valence-electron chi connectivity index (χ0n) is 14.4. The number of nitrogens with one attached hydrogen (secondary N) is 1. The molecule has 2 heterocycles. The molecule has 0 radical (unpaired) electrons. The topological polar surface area (TPSA) is 50.3 Å². The predicted octanol–water partition coefficient (Wildman–Crippen LogP) is 4.23. The second kappa shape index (κ2) is 6.43. The summed E-state index contributed by atoms with van der Waals surface area (Å²) in [6, 6.07) is 18.3. The van der Waals surface area contributed by atoms with Gasteiger partial charge in [0.15, 0.2) is 0 Å². The quantitative estimate of drug-likeness (QED) is 0.775. The van der Waals surface area contributed by atoms with E-state index < -0.39 is 0 Å². The van der Waals surface area contributed by atoms with Crippen molar-refractivity contribution in [2.24, 2.45) is 0 Å². The maximum Gasteiger partial charge on any atom is 0.142 e. The van der Waals surface area contributed by atoms with Crippen LogP contribution >= 0.6 is 0 Å². The van der Waals surface area contributed by atoms with Crippen molar-refractivity contribution in [3.8, 4) is 5.75 Å². The summed E-state index contributed by atoms with van der Waals surface area (Å²) in [7, 11) is 1.67. The van der Waals surface area contributed by atoms with Gasteiger partial charge >= 0.3 is 0 Å². The first-order valence-corrected chi connectivity index (χ1v) is 8.36. The highest BCUT2D eigenvalue weighted by Crippen LogP contribution is 2.34. The van der Waals surface area contributed by atoms with Gasteiger partial charge in [-0.2, -0.15) is 0 Å². The molecule has 0 atom stereocenters. The molecule has 0 aliphatic carbocycles. The number of methoxy groups -OCH3 is 1. The molecule has 0 bridgehead atoms. The summed E-state index contributed by atoms with van der Waals surface area (Å²) in [5.74, 6) is 3.19. The Kier molecular flexibility index (Phi) is 3.98. The molecule has 0 unspecified atom stereocenters. The number of hydrogen-bond donors (Lipinski definition) is 1. The summed E-state index contributed by atoms with van der Waals surface area (Å²) in [5, 5.41) is 3.35. The molecule has 0 fully saturated rings. The van der Waals surface area contributed by atoms with Crippen LogP contribution in [0.25, 0.3) is 0 Å². The number of ether oxygens (including phenoxy) is 1. The van der Waals surface area contributed by atoms with Gasteiger partial charge in [-0.25, -0.2) is 9.97 Å². The summed E-state index contributed by atoms with van der Waals surface area (Å²) in [6.45, 7) is 2.85. The predicted molar refractivity (Wildman–Crippen MR) is 100 cm³/mol. The van der Waals surface area contributed by atoms with Crippen molar-refractivity contribution in [2.75, 3.05) is 23.9 Å². The van der Waals surface area contributed by atoms with Crippen LogP contribution in [0.5, 0.6) is 5.75 Å². The number of aryl methyl sites for hydroxylation is 1. The van der Waals surface area contributed by atoms with Crippen molar-refractivity contribution in [1.82, 2.24) is 9.97 Å². The molecule has 2 aromatic carbocycles. The number of nitrogens with zero attached hydrogens (tertiary/aromatic N) is 3. The van der Waals surface area contributed by atoms with Crippen LogP contribution in [0.15, 0.2) is 54.6 Å². The molecule has 0 amide bonds. The minimum atomic E-state index is 0.735. The molecule has 4 rings (SSSR count). The second-order valence-electron chi connectivity index (χ2n) is 6.01. The van der Waals surface area contributed by atoms with E-state index in [1.165, 1.54) is 11.3 Å². The Balaban J connectivity index is 1.68. The van der Waals surface area contributed by atoms with Gasteiger partial charge in [-0.15, -0.1) is 0 Å². The molecule has 1 aliphatic heterocycles. The first-order valence-electron chi connectivity index (χ1n) is 8.36. The third kappa shape index (κ3) is 3.01. The molecule has 3 aromatic rings. The number of benzene rings is 2. The van der Waals surface area contributed by atoms with E-state index in [1.54, 1.807) is 7.11 Å². The molecule has 0 saturated carbocycles. The molecule has 5 nitrogen and oxygen atoms in total. The van der Waals surface area contributed by atoms with Crippen LogP contribution in [-0.4, -0.2) is 23.6 Å². The maximum absolute atomic E-state index is 5.41. The highest BCUT2D eigenvalue weighted by molar-refractivity contribution is 5.71. The first kappa shape index (κ1) is 15.4. The van der Waals surface area contributed by atoms with Gasteiger partial charge in [0.25, 0.3) is 0 Å². The van der Waals surface area contributed by atoms with E-state index in [0.29, 0.717) is 0 Å². The minimum absolute atomic E-state index is 0.735. The molecule has 1 aromatic heterocycles. The van der Waals surface area contributed by atoms with Crippen molar-refractivity contribution < 1.29 is 4.74 Å². The van der Waals surface area contributed by atoms with Crippen molar-refractivity contribution in [1.29, 1.82) is 0 Å². The molecule has 1 N–H and O–H groups in total. The SMILES string of the molecule is COc1ccccc1Nc1cc(N2CCc3ccccc32)nc(C)n1. The fourth-order valence-corrected chi connectivity index (χ4v) is 3.22. The van der Waals surface area contributed by atoms with Gasteiger partial charge in [0.05, 0.1) is 12.8 Å². The molecule has 0 spiro atoms. The third-order valence-electron chi connectivity index (χ3n) is 4.36. The van der Waals surface area contributed by atoms with Gasteiger partial charge < -0.3 is 15.0 Å². The van der Waals surface area contributed by atoms with Crippen LogP contribution < -0.4 is 15.0 Å². The molecular formula is C20H20N4O. The average Bonchev–Trinajstić information content (AvgIpc) is 3.06. The van der Waals surface area contributed by atoms with Crippen molar-refractivity contribution in [3.05, 3.63) is 66.0 Å². The number of rotatable bonds is 4. The zero-order valence-corrected chi connectivity index (χ0v) is 14.4. The van der Waals surface area contributed by atoms with Gasteiger partial charge in [0.1, 0.15) is 23.2 Å². The van der Waals surface area contributed by atoms with Crippen LogP contribution in [0, 0.1) is 6.92 Å². The minimum Gasteiger partial charge on any atom is -0.495 e. The largest absolute Gasteiger partial charge is 0.495 e. The van der Waals surface area contributed by atoms with Crippen LogP contribution in [0.3, 0.4) is 0 Å². The Bertz CT molecular complexity index is 910. The normalized spacial score (nSPS) is 12.8. The summed E-state index contributed by atoms with van der Waals surface area (Å²) in [5.41, 5.74) is 3.47. The zero-order chi connectivity index (χ0) is 17.2. The average molecular weight is 332 g/mol. The number of fused-ring (bicyclic) bond motifs is 1. The Hall–Kier alpha value is -3.08. The number of hydrogen-bond acceptors (Lipinski definition) is 5. The molecule has 25 heavy (non-hydrogen) atoms. The Morgan fingerprint density at radius 2 is 1.84 bits per heavy atom. The molecule has 0 saturated heterocycles. The van der Waals surface area contributed by atoms with Crippen molar-refractivity contribution in [3.63, 3.8) is 0 Å². The fourth-order valence-electron chi connectivity index (χ4n) is 3.22. The smallest absolute Gasteiger partial charge is 0.142 e. The van der Waals surface area contributed by atoms with Gasteiger partial charge in [0.2, 0.25) is 0 Å². The molecule has 5 heteroatoms. The lowest BCUT2D eigenvalue weighted by Crippen LogP contribution is -2.16. The van der Waals surface area contributed by atoms with E-state index in [0.717, 1.165) is 41.9 Å². The fraction of sp³-hybridized carbons (Fsp3) is 0.200. The van der Waals surface area contributed by atoms with Crippen LogP contribution in [0.4, 0.5) is 23.0 Å². The van der Waals surface area contributed by atoms with Crippen LogP contribution in [0.2, 0.25) is 0 Å². The first-order chi connectivity index (χ1) is 12.2. The van der Waals surface area contributed by atoms with Crippen molar-refractivity contribution in [2.45, 2.75) is 13.3 Å². The van der Waals surface area contributed by atoms with Gasteiger partial charge in [-0.05, 0) is 37.1 Å². The van der Waals surface area contributed by atoms with E-state index in [9.17, 15) is 0 Å². The van der Waals surface area contributed by atoms with E-state index in [1.807, 2.05) is 37.3 Å². The Morgan fingerprint density at radius 3 is 2.72 bits per heavy atom. The van der Waals surface area contributed by atoms with Crippen LogP contribution in [0.1, 0.15) is 11.4 Å². The van der Waals surface area contributed by atoms with E-state index in [-0.39, 0.29) is 0 Å². The second-order valence-corrected chi connectivity index (χ2v) is 6.01. The molecule has 1 aliphatic rings. The van der Waals surface area contributed by atoms with Crippen molar-refractivity contribution >= 4 is 23.0 Å². The van der Waals surface area contributed by atoms with Gasteiger partial charge in [-0.1, -0.05) is 30.3 Å². The molecular weight excluding hydrogens is 312 g/mol. The lowest BCUT2D eigenvalue weighted by molar-refractivity contribution is 0.417. The van der Waals surface area contributed by atoms with Gasteiger partial charge in [0, 0.05) is 18.3 Å².